The molecule has 3 aromatic rings. The molecule has 2 aromatic carbocycles. The van der Waals surface area contributed by atoms with E-state index < -0.39 is 5.43 Å². The zero-order valence-electron chi connectivity index (χ0n) is 14.3. The summed E-state index contributed by atoms with van der Waals surface area (Å²) in [5.74, 6) is -0.162. The fourth-order valence-corrected chi connectivity index (χ4v) is 3.19. The van der Waals surface area contributed by atoms with Crippen LogP contribution in [0.1, 0.15) is 12.8 Å². The molecular formula is C20H17NO6. The second-order valence-corrected chi connectivity index (χ2v) is 6.40. The third kappa shape index (κ3) is 3.19. The van der Waals surface area contributed by atoms with Crippen molar-refractivity contribution in [3.8, 4) is 28.4 Å². The predicted molar refractivity (Wildman–Crippen MR) is 98.1 cm³/mol. The Balaban J connectivity index is 1.63. The van der Waals surface area contributed by atoms with Crippen LogP contribution in [0, 0.1) is 0 Å². The first-order chi connectivity index (χ1) is 13.0. The second kappa shape index (κ2) is 6.68. The number of carbonyl (C=O) groups excluding carboxylic acids is 1. The van der Waals surface area contributed by atoms with Gasteiger partial charge in [0, 0.05) is 25.2 Å². The van der Waals surface area contributed by atoms with Gasteiger partial charge < -0.3 is 24.3 Å². The van der Waals surface area contributed by atoms with Crippen molar-refractivity contribution in [1.82, 2.24) is 4.90 Å². The molecule has 27 heavy (non-hydrogen) atoms. The Hall–Kier alpha value is -3.48. The van der Waals surface area contributed by atoms with Crippen LogP contribution in [0.15, 0.2) is 51.9 Å². The molecule has 4 rings (SSSR count). The Morgan fingerprint density at radius 1 is 1.07 bits per heavy atom. The first-order valence-corrected chi connectivity index (χ1v) is 8.57. The number of fused-ring (bicyclic) bond motifs is 1. The summed E-state index contributed by atoms with van der Waals surface area (Å²) in [4.78, 5) is 26.4. The lowest BCUT2D eigenvalue weighted by atomic mass is 10.0. The Bertz CT molecular complexity index is 1060. The number of rotatable bonds is 2. The van der Waals surface area contributed by atoms with Gasteiger partial charge in [-0.2, -0.15) is 0 Å². The molecule has 0 spiro atoms. The maximum absolute atomic E-state index is 12.7. The van der Waals surface area contributed by atoms with Crippen molar-refractivity contribution in [1.29, 1.82) is 0 Å². The Morgan fingerprint density at radius 3 is 2.48 bits per heavy atom. The number of benzene rings is 2. The lowest BCUT2D eigenvalue weighted by Gasteiger charge is -2.14. The van der Waals surface area contributed by atoms with E-state index in [1.54, 1.807) is 29.2 Å². The molecule has 7 nitrogen and oxygen atoms in total. The minimum atomic E-state index is -0.421. The number of amides is 1. The number of likely N-dealkylation sites (tertiary alicyclic amines) is 1. The standard InChI is InChI=1S/C20H17NO6/c22-13-9-16(23)18-17(10-13)26-11-15(19(18)24)12-3-5-14(6-4-12)27-20(25)21-7-1-2-8-21/h3-6,9-11,22-23H,1-2,7-8H2. The molecule has 0 bridgehead atoms. The highest BCUT2D eigenvalue weighted by atomic mass is 16.6. The fraction of sp³-hybridized carbons (Fsp3) is 0.200. The van der Waals surface area contributed by atoms with E-state index in [0.717, 1.165) is 18.9 Å². The van der Waals surface area contributed by atoms with Crippen molar-refractivity contribution in [2.75, 3.05) is 13.1 Å². The average molecular weight is 367 g/mol. The van der Waals surface area contributed by atoms with Crippen molar-refractivity contribution in [2.45, 2.75) is 12.8 Å². The number of hydrogen-bond donors (Lipinski definition) is 2. The van der Waals surface area contributed by atoms with Crippen LogP contribution in [0.2, 0.25) is 0 Å². The van der Waals surface area contributed by atoms with Gasteiger partial charge in [-0.1, -0.05) is 12.1 Å². The molecule has 1 amide bonds. The lowest BCUT2D eigenvalue weighted by molar-refractivity contribution is 0.163. The first-order valence-electron chi connectivity index (χ1n) is 8.57. The van der Waals surface area contributed by atoms with E-state index in [1.807, 2.05) is 0 Å². The Kier molecular flexibility index (Phi) is 4.19. The van der Waals surface area contributed by atoms with Crippen LogP contribution in [0.5, 0.6) is 17.2 Å². The van der Waals surface area contributed by atoms with E-state index in [9.17, 15) is 19.8 Å². The molecule has 2 N–H and O–H groups in total. The monoisotopic (exact) mass is 367 g/mol. The smallest absolute Gasteiger partial charge is 0.415 e. The zero-order chi connectivity index (χ0) is 19.0. The summed E-state index contributed by atoms with van der Waals surface area (Å²) in [5, 5.41) is 19.5. The minimum Gasteiger partial charge on any atom is -0.508 e. The van der Waals surface area contributed by atoms with Gasteiger partial charge in [-0.15, -0.1) is 0 Å². The van der Waals surface area contributed by atoms with Gasteiger partial charge in [-0.3, -0.25) is 4.79 Å². The molecule has 0 unspecified atom stereocenters. The summed E-state index contributed by atoms with van der Waals surface area (Å²) < 4.78 is 10.7. The molecule has 0 saturated carbocycles. The number of ether oxygens (including phenoxy) is 1. The quantitative estimate of drug-likeness (QED) is 0.719. The summed E-state index contributed by atoms with van der Waals surface area (Å²) in [7, 11) is 0. The van der Waals surface area contributed by atoms with Crippen LogP contribution in [0.4, 0.5) is 4.79 Å². The average Bonchev–Trinajstić information content (AvgIpc) is 3.17. The van der Waals surface area contributed by atoms with Crippen molar-refractivity contribution in [3.63, 3.8) is 0 Å². The van der Waals surface area contributed by atoms with Crippen molar-refractivity contribution < 1.29 is 24.2 Å². The highest BCUT2D eigenvalue weighted by Crippen LogP contribution is 2.30. The SMILES string of the molecule is O=C(Oc1ccc(-c2coc3cc(O)cc(O)c3c2=O)cc1)N1CCCC1. The number of phenolic OH excluding ortho intramolecular Hbond substituents is 2. The first kappa shape index (κ1) is 17.0. The number of aromatic hydroxyl groups is 2. The van der Waals surface area contributed by atoms with E-state index in [-0.39, 0.29) is 34.1 Å². The van der Waals surface area contributed by atoms with Crippen LogP contribution in [-0.4, -0.2) is 34.3 Å². The predicted octanol–water partition coefficient (Wildman–Crippen LogP) is 3.47. The summed E-state index contributed by atoms with van der Waals surface area (Å²) in [5.41, 5.74) is 0.480. The molecule has 1 aromatic heterocycles. The second-order valence-electron chi connectivity index (χ2n) is 6.40. The third-order valence-electron chi connectivity index (χ3n) is 4.58. The molecule has 7 heteroatoms. The number of carbonyl (C=O) groups is 1. The van der Waals surface area contributed by atoms with Crippen LogP contribution in [0.25, 0.3) is 22.1 Å². The molecular weight excluding hydrogens is 350 g/mol. The summed E-state index contributed by atoms with van der Waals surface area (Å²) in [6, 6.07) is 8.84. The zero-order valence-corrected chi connectivity index (χ0v) is 14.3. The van der Waals surface area contributed by atoms with Crippen LogP contribution < -0.4 is 10.2 Å². The molecule has 1 saturated heterocycles. The van der Waals surface area contributed by atoms with Gasteiger partial charge in [0.2, 0.25) is 5.43 Å². The van der Waals surface area contributed by atoms with Crippen LogP contribution >= 0.6 is 0 Å². The maximum atomic E-state index is 12.7. The number of phenols is 2. The van der Waals surface area contributed by atoms with Gasteiger partial charge in [0.05, 0.1) is 5.56 Å². The van der Waals surface area contributed by atoms with Crippen molar-refractivity contribution in [3.05, 3.63) is 52.9 Å². The normalized spacial score (nSPS) is 13.9. The molecule has 0 aliphatic carbocycles. The third-order valence-corrected chi connectivity index (χ3v) is 4.58. The topological polar surface area (TPSA) is 100 Å². The minimum absolute atomic E-state index is 0.00478. The Labute approximate surface area is 154 Å². The maximum Gasteiger partial charge on any atom is 0.415 e. The van der Waals surface area contributed by atoms with E-state index in [0.29, 0.717) is 24.4 Å². The van der Waals surface area contributed by atoms with Gasteiger partial charge in [0.25, 0.3) is 0 Å². The van der Waals surface area contributed by atoms with E-state index >= 15 is 0 Å². The Morgan fingerprint density at radius 2 is 1.78 bits per heavy atom. The molecule has 1 fully saturated rings. The number of hydrogen-bond acceptors (Lipinski definition) is 6. The van der Waals surface area contributed by atoms with E-state index in [2.05, 4.69) is 0 Å². The molecule has 138 valence electrons. The van der Waals surface area contributed by atoms with Gasteiger partial charge in [0.15, 0.2) is 0 Å². The lowest BCUT2D eigenvalue weighted by Crippen LogP contribution is -2.30. The van der Waals surface area contributed by atoms with Gasteiger partial charge >= 0.3 is 6.09 Å². The largest absolute Gasteiger partial charge is 0.508 e. The van der Waals surface area contributed by atoms with E-state index in [4.69, 9.17) is 9.15 Å². The summed E-state index contributed by atoms with van der Waals surface area (Å²) in [6.07, 6.45) is 2.86. The van der Waals surface area contributed by atoms with Crippen LogP contribution in [-0.2, 0) is 0 Å². The molecule has 1 aliphatic rings. The molecule has 1 aliphatic heterocycles. The summed E-state index contributed by atoms with van der Waals surface area (Å²) >= 11 is 0. The molecule has 2 heterocycles. The summed E-state index contributed by atoms with van der Waals surface area (Å²) in [6.45, 7) is 1.40. The van der Waals surface area contributed by atoms with Gasteiger partial charge in [-0.25, -0.2) is 4.79 Å². The van der Waals surface area contributed by atoms with E-state index in [1.165, 1.54) is 12.3 Å². The van der Waals surface area contributed by atoms with Gasteiger partial charge in [-0.05, 0) is 30.5 Å². The molecule has 0 radical (unpaired) electrons. The highest BCUT2D eigenvalue weighted by Gasteiger charge is 2.20. The fourth-order valence-electron chi connectivity index (χ4n) is 3.19. The number of nitrogens with zero attached hydrogens (tertiary/aromatic N) is 1. The molecule has 0 atom stereocenters. The van der Waals surface area contributed by atoms with Crippen molar-refractivity contribution in [2.24, 2.45) is 0 Å². The highest BCUT2D eigenvalue weighted by molar-refractivity contribution is 5.88. The van der Waals surface area contributed by atoms with Crippen LogP contribution in [0.3, 0.4) is 0 Å². The van der Waals surface area contributed by atoms with Crippen molar-refractivity contribution >= 4 is 17.1 Å². The van der Waals surface area contributed by atoms with Gasteiger partial charge in [0.1, 0.15) is 34.5 Å².